The molecule has 3 rings (SSSR count). The van der Waals surface area contributed by atoms with Crippen LogP contribution in [0.15, 0.2) is 24.3 Å². The third-order valence-electron chi connectivity index (χ3n) is 5.08. The largest absolute Gasteiger partial charge is 0.312 e. The van der Waals surface area contributed by atoms with Gasteiger partial charge in [-0.25, -0.2) is 4.39 Å². The number of hydrogen-bond donors (Lipinski definition) is 1. The van der Waals surface area contributed by atoms with Gasteiger partial charge in [0, 0.05) is 19.1 Å². The highest BCUT2D eigenvalue weighted by Crippen LogP contribution is 2.26. The van der Waals surface area contributed by atoms with E-state index in [0.29, 0.717) is 12.0 Å². The number of piperidine rings is 1. The molecule has 2 nitrogen and oxygen atoms in total. The summed E-state index contributed by atoms with van der Waals surface area (Å²) in [5.74, 6) is 1.46. The van der Waals surface area contributed by atoms with Crippen molar-refractivity contribution < 1.29 is 4.39 Å². The molecule has 2 atom stereocenters. The van der Waals surface area contributed by atoms with Crippen LogP contribution < -0.4 is 5.32 Å². The molecule has 2 aliphatic rings. The van der Waals surface area contributed by atoms with Crippen molar-refractivity contribution in [3.8, 4) is 0 Å². The molecule has 2 fully saturated rings. The fourth-order valence-electron chi connectivity index (χ4n) is 3.72. The van der Waals surface area contributed by atoms with Gasteiger partial charge in [0.05, 0.1) is 0 Å². The van der Waals surface area contributed by atoms with Gasteiger partial charge < -0.3 is 10.2 Å². The molecule has 1 saturated carbocycles. The maximum absolute atomic E-state index is 13.0. The molecule has 3 heteroatoms. The monoisotopic (exact) mass is 290 g/mol. The molecule has 1 saturated heterocycles. The van der Waals surface area contributed by atoms with E-state index in [1.54, 1.807) is 12.1 Å². The van der Waals surface area contributed by atoms with Crippen LogP contribution in [0.5, 0.6) is 0 Å². The van der Waals surface area contributed by atoms with Gasteiger partial charge in [0.15, 0.2) is 0 Å². The van der Waals surface area contributed by atoms with Crippen LogP contribution in [-0.4, -0.2) is 37.6 Å². The molecule has 116 valence electrons. The van der Waals surface area contributed by atoms with Gasteiger partial charge >= 0.3 is 0 Å². The molecule has 0 amide bonds. The summed E-state index contributed by atoms with van der Waals surface area (Å²) in [6.45, 7) is 3.51. The molecule has 1 heterocycles. The van der Waals surface area contributed by atoms with Gasteiger partial charge in [0.1, 0.15) is 5.82 Å². The van der Waals surface area contributed by atoms with Gasteiger partial charge in [-0.2, -0.15) is 0 Å². The lowest BCUT2D eigenvalue weighted by Crippen LogP contribution is -2.49. The second kappa shape index (κ2) is 6.89. The lowest BCUT2D eigenvalue weighted by atomic mass is 9.84. The van der Waals surface area contributed by atoms with Crippen LogP contribution in [0.1, 0.15) is 31.2 Å². The zero-order valence-corrected chi connectivity index (χ0v) is 13.0. The number of benzene rings is 1. The van der Waals surface area contributed by atoms with Crippen molar-refractivity contribution in [3.63, 3.8) is 0 Å². The van der Waals surface area contributed by atoms with Gasteiger partial charge in [0.25, 0.3) is 0 Å². The molecular weight excluding hydrogens is 263 g/mol. The van der Waals surface area contributed by atoms with Crippen molar-refractivity contribution in [1.29, 1.82) is 0 Å². The highest BCUT2D eigenvalue weighted by Gasteiger charge is 2.26. The fourth-order valence-corrected chi connectivity index (χ4v) is 3.72. The van der Waals surface area contributed by atoms with Gasteiger partial charge in [-0.05, 0) is 68.8 Å². The quantitative estimate of drug-likeness (QED) is 0.896. The smallest absolute Gasteiger partial charge is 0.123 e. The Kier molecular flexibility index (Phi) is 4.91. The predicted molar refractivity (Wildman–Crippen MR) is 84.8 cm³/mol. The van der Waals surface area contributed by atoms with Crippen molar-refractivity contribution in [2.24, 2.45) is 11.8 Å². The molecule has 0 radical (unpaired) electrons. The highest BCUT2D eigenvalue weighted by atomic mass is 19.1. The van der Waals surface area contributed by atoms with Crippen LogP contribution in [0.3, 0.4) is 0 Å². The minimum atomic E-state index is -0.139. The minimum Gasteiger partial charge on any atom is -0.312 e. The standard InChI is InChI=1S/C18H27FN2/c1-21-12-16(9-14-5-7-17(19)8-6-14)10-18(13-21)20-11-15-3-2-4-15/h5-8,15-16,18,20H,2-4,9-13H2,1H3. The Morgan fingerprint density at radius 3 is 2.57 bits per heavy atom. The number of nitrogens with one attached hydrogen (secondary N) is 1. The fraction of sp³-hybridized carbons (Fsp3) is 0.667. The first-order valence-corrected chi connectivity index (χ1v) is 8.35. The Bertz CT molecular complexity index is 441. The normalized spacial score (nSPS) is 27.5. The van der Waals surface area contributed by atoms with Crippen molar-refractivity contribution in [2.45, 2.75) is 38.1 Å². The number of halogens is 1. The Morgan fingerprint density at radius 2 is 1.90 bits per heavy atom. The third-order valence-corrected chi connectivity index (χ3v) is 5.08. The van der Waals surface area contributed by atoms with E-state index in [0.717, 1.165) is 25.4 Å². The molecular formula is C18H27FN2. The van der Waals surface area contributed by atoms with Crippen LogP contribution in [0.25, 0.3) is 0 Å². The zero-order chi connectivity index (χ0) is 14.7. The summed E-state index contributed by atoms with van der Waals surface area (Å²) in [5, 5.41) is 3.78. The lowest BCUT2D eigenvalue weighted by Gasteiger charge is -2.37. The summed E-state index contributed by atoms with van der Waals surface area (Å²) in [5.41, 5.74) is 1.26. The molecule has 1 aliphatic carbocycles. The molecule has 1 N–H and O–H groups in total. The van der Waals surface area contributed by atoms with Crippen molar-refractivity contribution in [1.82, 2.24) is 10.2 Å². The predicted octanol–water partition coefficient (Wildman–Crippen LogP) is 3.08. The number of likely N-dealkylation sites (tertiary alicyclic amines) is 1. The summed E-state index contributed by atoms with van der Waals surface area (Å²) >= 11 is 0. The maximum atomic E-state index is 13.0. The molecule has 1 aromatic rings. The Balaban J connectivity index is 1.50. The van der Waals surface area contributed by atoms with Gasteiger partial charge in [-0.15, -0.1) is 0 Å². The maximum Gasteiger partial charge on any atom is 0.123 e. The first kappa shape index (κ1) is 15.0. The van der Waals surface area contributed by atoms with E-state index in [2.05, 4.69) is 17.3 Å². The molecule has 1 aromatic carbocycles. The lowest BCUT2D eigenvalue weighted by molar-refractivity contribution is 0.159. The first-order chi connectivity index (χ1) is 10.2. The molecule has 0 bridgehead atoms. The summed E-state index contributed by atoms with van der Waals surface area (Å²) in [7, 11) is 2.22. The first-order valence-electron chi connectivity index (χ1n) is 8.35. The number of rotatable bonds is 5. The topological polar surface area (TPSA) is 15.3 Å². The number of nitrogens with zero attached hydrogens (tertiary/aromatic N) is 1. The highest BCUT2D eigenvalue weighted by molar-refractivity contribution is 5.17. The molecule has 2 unspecified atom stereocenters. The minimum absolute atomic E-state index is 0.139. The average Bonchev–Trinajstić information content (AvgIpc) is 2.39. The SMILES string of the molecule is CN1CC(Cc2ccc(F)cc2)CC(NCC2CCC2)C1. The van der Waals surface area contributed by atoms with E-state index in [1.807, 2.05) is 12.1 Å². The molecule has 0 spiro atoms. The summed E-state index contributed by atoms with van der Waals surface area (Å²) in [6, 6.07) is 7.64. The van der Waals surface area contributed by atoms with Gasteiger partial charge in [-0.1, -0.05) is 18.6 Å². The van der Waals surface area contributed by atoms with E-state index >= 15 is 0 Å². The van der Waals surface area contributed by atoms with Crippen molar-refractivity contribution >= 4 is 0 Å². The van der Waals surface area contributed by atoms with E-state index in [-0.39, 0.29) is 5.82 Å². The second-order valence-corrected chi connectivity index (χ2v) is 7.06. The molecule has 0 aromatic heterocycles. The number of hydrogen-bond acceptors (Lipinski definition) is 2. The van der Waals surface area contributed by atoms with Crippen molar-refractivity contribution in [3.05, 3.63) is 35.6 Å². The van der Waals surface area contributed by atoms with Gasteiger partial charge in [-0.3, -0.25) is 0 Å². The number of likely N-dealkylation sites (N-methyl/N-ethyl adjacent to an activating group) is 1. The van der Waals surface area contributed by atoms with Gasteiger partial charge in [0.2, 0.25) is 0 Å². The summed E-state index contributed by atoms with van der Waals surface area (Å²) in [4.78, 5) is 2.44. The van der Waals surface area contributed by atoms with E-state index < -0.39 is 0 Å². The summed E-state index contributed by atoms with van der Waals surface area (Å²) in [6.07, 6.45) is 6.55. The van der Waals surface area contributed by atoms with E-state index in [1.165, 1.54) is 37.8 Å². The van der Waals surface area contributed by atoms with Crippen LogP contribution in [-0.2, 0) is 6.42 Å². The van der Waals surface area contributed by atoms with E-state index in [9.17, 15) is 4.39 Å². The molecule has 21 heavy (non-hydrogen) atoms. The van der Waals surface area contributed by atoms with Crippen LogP contribution in [0.4, 0.5) is 4.39 Å². The molecule has 1 aliphatic heterocycles. The van der Waals surface area contributed by atoms with Crippen LogP contribution in [0, 0.1) is 17.7 Å². The zero-order valence-electron chi connectivity index (χ0n) is 13.0. The average molecular weight is 290 g/mol. The Hall–Kier alpha value is -0.930. The Morgan fingerprint density at radius 1 is 1.14 bits per heavy atom. The van der Waals surface area contributed by atoms with E-state index in [4.69, 9.17) is 0 Å². The summed E-state index contributed by atoms with van der Waals surface area (Å²) < 4.78 is 13.0. The van der Waals surface area contributed by atoms with Crippen LogP contribution in [0.2, 0.25) is 0 Å². The second-order valence-electron chi connectivity index (χ2n) is 7.06. The third kappa shape index (κ3) is 4.27. The Labute approximate surface area is 127 Å². The van der Waals surface area contributed by atoms with Crippen LogP contribution >= 0.6 is 0 Å². The van der Waals surface area contributed by atoms with Crippen molar-refractivity contribution in [2.75, 3.05) is 26.7 Å².